The minimum absolute atomic E-state index is 0.175. The molecule has 0 fully saturated rings. The Morgan fingerprint density at radius 2 is 0.971 bits per heavy atom. The SMILES string of the molecule is O=C(c1ccccc1)c1ccc(Cl)cc1NC(=S)Nc1cc(Cl)ccc1C(=O)c1ccccc1. The number of thiocarbonyl (C=S) groups is 1. The highest BCUT2D eigenvalue weighted by Crippen LogP contribution is 2.26. The first-order valence-corrected chi connectivity index (χ1v) is 11.5. The summed E-state index contributed by atoms with van der Waals surface area (Å²) < 4.78 is 0. The van der Waals surface area contributed by atoms with Gasteiger partial charge < -0.3 is 10.6 Å². The Hall–Kier alpha value is -3.51. The van der Waals surface area contributed by atoms with Crippen LogP contribution in [-0.2, 0) is 0 Å². The van der Waals surface area contributed by atoms with E-state index in [4.69, 9.17) is 35.4 Å². The number of anilines is 2. The van der Waals surface area contributed by atoms with Gasteiger partial charge >= 0.3 is 0 Å². The Morgan fingerprint density at radius 3 is 1.35 bits per heavy atom. The minimum atomic E-state index is -0.176. The number of hydrogen-bond donors (Lipinski definition) is 2. The molecule has 0 saturated heterocycles. The molecule has 4 nitrogen and oxygen atoms in total. The number of ketones is 2. The van der Waals surface area contributed by atoms with Gasteiger partial charge in [-0.15, -0.1) is 0 Å². The molecule has 0 saturated carbocycles. The molecule has 0 atom stereocenters. The van der Waals surface area contributed by atoms with Crippen molar-refractivity contribution in [1.29, 1.82) is 0 Å². The lowest BCUT2D eigenvalue weighted by atomic mass is 10.0. The Labute approximate surface area is 212 Å². The van der Waals surface area contributed by atoms with Crippen molar-refractivity contribution in [2.24, 2.45) is 0 Å². The molecule has 0 amide bonds. The van der Waals surface area contributed by atoms with Crippen molar-refractivity contribution in [3.8, 4) is 0 Å². The van der Waals surface area contributed by atoms with Crippen LogP contribution in [0.15, 0.2) is 97.1 Å². The first-order chi connectivity index (χ1) is 16.4. The summed E-state index contributed by atoms with van der Waals surface area (Å²) in [5.74, 6) is -0.351. The van der Waals surface area contributed by atoms with Crippen LogP contribution < -0.4 is 10.6 Å². The van der Waals surface area contributed by atoms with E-state index in [0.29, 0.717) is 43.7 Å². The van der Waals surface area contributed by atoms with Gasteiger partial charge in [0.25, 0.3) is 0 Å². The van der Waals surface area contributed by atoms with Gasteiger partial charge in [-0.1, -0.05) is 83.9 Å². The van der Waals surface area contributed by atoms with Crippen molar-refractivity contribution in [1.82, 2.24) is 0 Å². The Morgan fingerprint density at radius 1 is 0.588 bits per heavy atom. The summed E-state index contributed by atoms with van der Waals surface area (Å²) in [4.78, 5) is 26.1. The van der Waals surface area contributed by atoms with Gasteiger partial charge in [0, 0.05) is 32.3 Å². The number of benzene rings is 4. The number of rotatable bonds is 6. The van der Waals surface area contributed by atoms with E-state index in [1.807, 2.05) is 12.1 Å². The van der Waals surface area contributed by atoms with Crippen LogP contribution in [0.2, 0.25) is 10.0 Å². The number of hydrogen-bond acceptors (Lipinski definition) is 3. The molecule has 0 bridgehead atoms. The molecule has 0 aliphatic heterocycles. The largest absolute Gasteiger partial charge is 0.332 e. The lowest BCUT2D eigenvalue weighted by Gasteiger charge is -2.16. The van der Waals surface area contributed by atoms with E-state index in [1.165, 1.54) is 0 Å². The molecule has 168 valence electrons. The maximum absolute atomic E-state index is 13.1. The fourth-order valence-corrected chi connectivity index (χ4v) is 3.97. The molecule has 34 heavy (non-hydrogen) atoms. The molecule has 0 heterocycles. The van der Waals surface area contributed by atoms with E-state index in [1.54, 1.807) is 84.9 Å². The first-order valence-electron chi connectivity index (χ1n) is 10.3. The van der Waals surface area contributed by atoms with Crippen molar-refractivity contribution in [3.63, 3.8) is 0 Å². The Kier molecular flexibility index (Phi) is 7.38. The lowest BCUT2D eigenvalue weighted by molar-refractivity contribution is 0.103. The molecule has 4 aromatic rings. The second-order valence-electron chi connectivity index (χ2n) is 7.35. The molecule has 4 rings (SSSR count). The molecular formula is C27H18Cl2N2O2S. The van der Waals surface area contributed by atoms with Crippen molar-refractivity contribution in [3.05, 3.63) is 129 Å². The summed E-state index contributed by atoms with van der Waals surface area (Å²) >= 11 is 17.9. The number of carbonyl (C=O) groups excluding carboxylic acids is 2. The van der Waals surface area contributed by atoms with Crippen molar-refractivity contribution < 1.29 is 9.59 Å². The molecule has 4 aromatic carbocycles. The van der Waals surface area contributed by atoms with Gasteiger partial charge in [0.2, 0.25) is 0 Å². The molecule has 2 N–H and O–H groups in total. The minimum Gasteiger partial charge on any atom is -0.332 e. The fraction of sp³-hybridized carbons (Fsp3) is 0. The maximum Gasteiger partial charge on any atom is 0.195 e. The molecule has 0 spiro atoms. The van der Waals surface area contributed by atoms with Crippen molar-refractivity contribution in [2.75, 3.05) is 10.6 Å². The van der Waals surface area contributed by atoms with Gasteiger partial charge in [0.15, 0.2) is 16.7 Å². The monoisotopic (exact) mass is 504 g/mol. The summed E-state index contributed by atoms with van der Waals surface area (Å²) in [5, 5.41) is 7.13. The highest BCUT2D eigenvalue weighted by atomic mass is 35.5. The predicted molar refractivity (Wildman–Crippen MR) is 142 cm³/mol. The third kappa shape index (κ3) is 5.51. The zero-order valence-corrected chi connectivity index (χ0v) is 20.0. The van der Waals surface area contributed by atoms with Crippen LogP contribution in [-0.4, -0.2) is 16.7 Å². The molecule has 0 aliphatic rings. The van der Waals surface area contributed by atoms with Crippen molar-refractivity contribution in [2.45, 2.75) is 0 Å². The molecule has 0 unspecified atom stereocenters. The molecule has 0 radical (unpaired) electrons. The van der Waals surface area contributed by atoms with Gasteiger partial charge in [0.1, 0.15) is 0 Å². The maximum atomic E-state index is 13.1. The summed E-state index contributed by atoms with van der Waals surface area (Å²) in [6, 6.07) is 27.7. The van der Waals surface area contributed by atoms with E-state index in [-0.39, 0.29) is 16.7 Å². The van der Waals surface area contributed by atoms with Crippen LogP contribution in [0.25, 0.3) is 0 Å². The smallest absolute Gasteiger partial charge is 0.195 e. The molecule has 7 heteroatoms. The van der Waals surface area contributed by atoms with Gasteiger partial charge in [-0.05, 0) is 48.6 Å². The first kappa shape index (κ1) is 23.6. The van der Waals surface area contributed by atoms with Crippen LogP contribution in [0.3, 0.4) is 0 Å². The topological polar surface area (TPSA) is 58.2 Å². The Balaban J connectivity index is 1.61. The average Bonchev–Trinajstić information content (AvgIpc) is 2.84. The zero-order chi connectivity index (χ0) is 24.1. The Bertz CT molecular complexity index is 1270. The third-order valence-corrected chi connectivity index (χ3v) is 5.70. The highest BCUT2D eigenvalue weighted by Gasteiger charge is 2.17. The van der Waals surface area contributed by atoms with E-state index in [2.05, 4.69) is 10.6 Å². The van der Waals surface area contributed by atoms with Crippen LogP contribution >= 0.6 is 35.4 Å². The second-order valence-corrected chi connectivity index (χ2v) is 8.63. The predicted octanol–water partition coefficient (Wildman–Crippen LogP) is 7.26. The average molecular weight is 505 g/mol. The highest BCUT2D eigenvalue weighted by molar-refractivity contribution is 7.80. The van der Waals surface area contributed by atoms with Gasteiger partial charge in [0.05, 0.1) is 11.4 Å². The second kappa shape index (κ2) is 10.6. The van der Waals surface area contributed by atoms with Crippen LogP contribution in [0, 0.1) is 0 Å². The van der Waals surface area contributed by atoms with Gasteiger partial charge in [-0.25, -0.2) is 0 Å². The van der Waals surface area contributed by atoms with E-state index >= 15 is 0 Å². The standard InChI is InChI=1S/C27H18Cl2N2O2S/c28-19-11-13-21(25(32)17-7-3-1-4-8-17)23(15-19)30-27(34)31-24-16-20(29)12-14-22(24)26(33)18-9-5-2-6-10-18/h1-16H,(H2,30,31,34). The number of nitrogens with one attached hydrogen (secondary N) is 2. The van der Waals surface area contributed by atoms with E-state index in [9.17, 15) is 9.59 Å². The quantitative estimate of drug-likeness (QED) is 0.213. The number of carbonyl (C=O) groups is 2. The van der Waals surface area contributed by atoms with Gasteiger partial charge in [-0.3, -0.25) is 9.59 Å². The third-order valence-electron chi connectivity index (χ3n) is 5.02. The van der Waals surface area contributed by atoms with Crippen LogP contribution in [0.1, 0.15) is 31.8 Å². The van der Waals surface area contributed by atoms with Crippen LogP contribution in [0.5, 0.6) is 0 Å². The van der Waals surface area contributed by atoms with Crippen molar-refractivity contribution >= 4 is 63.5 Å². The van der Waals surface area contributed by atoms with E-state index in [0.717, 1.165) is 0 Å². The van der Waals surface area contributed by atoms with Crippen LogP contribution in [0.4, 0.5) is 11.4 Å². The number of halogens is 2. The summed E-state index contributed by atoms with van der Waals surface area (Å²) in [5.41, 5.74) is 2.78. The summed E-state index contributed by atoms with van der Waals surface area (Å²) in [6.07, 6.45) is 0. The zero-order valence-electron chi connectivity index (χ0n) is 17.7. The lowest BCUT2D eigenvalue weighted by Crippen LogP contribution is -2.22. The van der Waals surface area contributed by atoms with Gasteiger partial charge in [-0.2, -0.15) is 0 Å². The summed E-state index contributed by atoms with van der Waals surface area (Å²) in [7, 11) is 0. The fourth-order valence-electron chi connectivity index (χ4n) is 3.40. The molecular weight excluding hydrogens is 487 g/mol. The normalized spacial score (nSPS) is 10.4. The van der Waals surface area contributed by atoms with E-state index < -0.39 is 0 Å². The molecule has 0 aromatic heterocycles. The summed E-state index contributed by atoms with van der Waals surface area (Å²) in [6.45, 7) is 0. The molecule has 0 aliphatic carbocycles.